The lowest BCUT2D eigenvalue weighted by atomic mass is 10.4. The van der Waals surface area contributed by atoms with Crippen LogP contribution in [0.2, 0.25) is 0 Å². The normalized spacial score (nSPS) is 10.8. The van der Waals surface area contributed by atoms with Gasteiger partial charge in [-0.25, -0.2) is 4.98 Å². The van der Waals surface area contributed by atoms with Crippen molar-refractivity contribution in [2.45, 2.75) is 6.92 Å². The van der Waals surface area contributed by atoms with Crippen molar-refractivity contribution in [3.05, 3.63) is 10.9 Å². The van der Waals surface area contributed by atoms with Crippen molar-refractivity contribution in [3.63, 3.8) is 0 Å². The zero-order valence-corrected chi connectivity index (χ0v) is 7.35. The van der Waals surface area contributed by atoms with Gasteiger partial charge in [-0.3, -0.25) is 0 Å². The lowest BCUT2D eigenvalue weighted by Gasteiger charge is -1.95. The van der Waals surface area contributed by atoms with Gasteiger partial charge in [0.05, 0.1) is 10.2 Å². The number of thiophene rings is 1. The van der Waals surface area contributed by atoms with E-state index in [4.69, 9.17) is 11.5 Å². The molecule has 0 fully saturated rings. The summed E-state index contributed by atoms with van der Waals surface area (Å²) < 4.78 is 0.918. The molecular formula is C7H8N4S. The number of hydrogen-bond donors (Lipinski definition) is 2. The molecule has 2 aromatic heterocycles. The van der Waals surface area contributed by atoms with Crippen LogP contribution in [0.25, 0.3) is 10.2 Å². The zero-order valence-electron chi connectivity index (χ0n) is 6.53. The van der Waals surface area contributed by atoms with Crippen LogP contribution in [0.15, 0.2) is 6.07 Å². The zero-order chi connectivity index (χ0) is 8.72. The molecular weight excluding hydrogens is 172 g/mol. The molecule has 0 aliphatic heterocycles. The number of nitrogens with zero attached hydrogens (tertiary/aromatic N) is 2. The van der Waals surface area contributed by atoms with E-state index in [1.807, 2.05) is 13.0 Å². The van der Waals surface area contributed by atoms with Gasteiger partial charge in [-0.15, -0.1) is 11.3 Å². The van der Waals surface area contributed by atoms with Crippen LogP contribution in [0.5, 0.6) is 0 Å². The first-order valence-corrected chi connectivity index (χ1v) is 4.27. The number of aryl methyl sites for hydroxylation is 1. The molecule has 2 heterocycles. The summed E-state index contributed by atoms with van der Waals surface area (Å²) in [7, 11) is 0. The standard InChI is InChI=1S/C7H8N4S/c1-3-2-4-5(12-3)6(8)11-7(9)10-4/h2H,1H3,(H4,8,9,10,11). The average molecular weight is 180 g/mol. The van der Waals surface area contributed by atoms with Gasteiger partial charge in [0.1, 0.15) is 5.82 Å². The predicted octanol–water partition coefficient (Wildman–Crippen LogP) is 1.16. The molecule has 2 rings (SSSR count). The van der Waals surface area contributed by atoms with Gasteiger partial charge in [-0.2, -0.15) is 4.98 Å². The molecule has 0 saturated carbocycles. The Kier molecular flexibility index (Phi) is 1.41. The fourth-order valence-electron chi connectivity index (χ4n) is 1.09. The van der Waals surface area contributed by atoms with Gasteiger partial charge in [-0.1, -0.05) is 0 Å². The SMILES string of the molecule is Cc1cc2nc(N)nc(N)c2s1. The second kappa shape index (κ2) is 2.31. The number of aromatic nitrogens is 2. The number of nitrogens with two attached hydrogens (primary N) is 2. The van der Waals surface area contributed by atoms with Crippen molar-refractivity contribution in [3.8, 4) is 0 Å². The minimum atomic E-state index is 0.234. The topological polar surface area (TPSA) is 77.8 Å². The number of hydrogen-bond acceptors (Lipinski definition) is 5. The van der Waals surface area contributed by atoms with Crippen molar-refractivity contribution < 1.29 is 0 Å². The number of fused-ring (bicyclic) bond motifs is 1. The Morgan fingerprint density at radius 2 is 2.08 bits per heavy atom. The summed E-state index contributed by atoms with van der Waals surface area (Å²) in [6.07, 6.45) is 0. The second-order valence-electron chi connectivity index (χ2n) is 2.54. The molecule has 0 spiro atoms. The first kappa shape index (κ1) is 7.30. The predicted molar refractivity (Wildman–Crippen MR) is 51.0 cm³/mol. The molecule has 5 heteroatoms. The second-order valence-corrected chi connectivity index (χ2v) is 3.79. The minimum Gasteiger partial charge on any atom is -0.382 e. The quantitative estimate of drug-likeness (QED) is 0.637. The first-order valence-electron chi connectivity index (χ1n) is 3.46. The molecule has 0 atom stereocenters. The molecule has 0 saturated heterocycles. The molecule has 0 aliphatic rings. The van der Waals surface area contributed by atoms with E-state index in [0.29, 0.717) is 5.82 Å². The van der Waals surface area contributed by atoms with Gasteiger partial charge in [0, 0.05) is 4.88 Å². The molecule has 0 aliphatic carbocycles. The number of anilines is 2. The molecule has 0 unspecified atom stereocenters. The monoisotopic (exact) mass is 180 g/mol. The van der Waals surface area contributed by atoms with E-state index in [1.54, 1.807) is 11.3 Å². The number of nitrogen functional groups attached to an aromatic ring is 2. The maximum atomic E-state index is 5.65. The van der Waals surface area contributed by atoms with Crippen LogP contribution in [0.4, 0.5) is 11.8 Å². The Labute approximate surface area is 73.2 Å². The van der Waals surface area contributed by atoms with E-state index in [2.05, 4.69) is 9.97 Å². The molecule has 4 N–H and O–H groups in total. The maximum Gasteiger partial charge on any atom is 0.222 e. The molecule has 0 radical (unpaired) electrons. The highest BCUT2D eigenvalue weighted by atomic mass is 32.1. The molecule has 0 amide bonds. The minimum absolute atomic E-state index is 0.234. The van der Waals surface area contributed by atoms with Gasteiger partial charge in [0.25, 0.3) is 0 Å². The van der Waals surface area contributed by atoms with Crippen LogP contribution in [0.1, 0.15) is 4.88 Å². The summed E-state index contributed by atoms with van der Waals surface area (Å²) in [5.41, 5.74) is 11.9. The van der Waals surface area contributed by atoms with Gasteiger partial charge < -0.3 is 11.5 Å². The Hall–Kier alpha value is -1.36. The summed E-state index contributed by atoms with van der Waals surface area (Å²) >= 11 is 1.58. The highest BCUT2D eigenvalue weighted by Crippen LogP contribution is 2.27. The fourth-order valence-corrected chi connectivity index (χ4v) is 1.94. The molecule has 62 valence electrons. The van der Waals surface area contributed by atoms with Gasteiger partial charge >= 0.3 is 0 Å². The smallest absolute Gasteiger partial charge is 0.222 e. The van der Waals surface area contributed by atoms with Crippen LogP contribution >= 0.6 is 11.3 Å². The van der Waals surface area contributed by atoms with Crippen LogP contribution in [0, 0.1) is 6.92 Å². The number of rotatable bonds is 0. The van der Waals surface area contributed by atoms with E-state index in [-0.39, 0.29) is 5.95 Å². The molecule has 0 aromatic carbocycles. The van der Waals surface area contributed by atoms with Crippen molar-refractivity contribution in [2.75, 3.05) is 11.5 Å². The Bertz CT molecular complexity index is 434. The molecule has 0 bridgehead atoms. The largest absolute Gasteiger partial charge is 0.382 e. The Balaban J connectivity index is 2.88. The van der Waals surface area contributed by atoms with E-state index < -0.39 is 0 Å². The van der Waals surface area contributed by atoms with Crippen LogP contribution in [0.3, 0.4) is 0 Å². The van der Waals surface area contributed by atoms with Gasteiger partial charge in [0.15, 0.2) is 0 Å². The summed E-state index contributed by atoms with van der Waals surface area (Å²) in [5.74, 6) is 0.702. The lowest BCUT2D eigenvalue weighted by molar-refractivity contribution is 1.25. The maximum absolute atomic E-state index is 5.65. The van der Waals surface area contributed by atoms with Crippen LogP contribution < -0.4 is 11.5 Å². The summed E-state index contributed by atoms with van der Waals surface area (Å²) in [6, 6.07) is 1.95. The highest BCUT2D eigenvalue weighted by Gasteiger charge is 2.05. The third-order valence-electron chi connectivity index (χ3n) is 1.54. The highest BCUT2D eigenvalue weighted by molar-refractivity contribution is 7.19. The molecule has 2 aromatic rings. The average Bonchev–Trinajstić information content (AvgIpc) is 2.29. The van der Waals surface area contributed by atoms with E-state index in [1.165, 1.54) is 0 Å². The fraction of sp³-hybridized carbons (Fsp3) is 0.143. The lowest BCUT2D eigenvalue weighted by Crippen LogP contribution is -1.98. The van der Waals surface area contributed by atoms with Crippen molar-refractivity contribution in [2.24, 2.45) is 0 Å². The van der Waals surface area contributed by atoms with Crippen molar-refractivity contribution in [1.29, 1.82) is 0 Å². The Morgan fingerprint density at radius 1 is 1.33 bits per heavy atom. The van der Waals surface area contributed by atoms with E-state index >= 15 is 0 Å². The summed E-state index contributed by atoms with van der Waals surface area (Å²) in [5, 5.41) is 0. The van der Waals surface area contributed by atoms with Crippen molar-refractivity contribution in [1.82, 2.24) is 9.97 Å². The van der Waals surface area contributed by atoms with E-state index in [9.17, 15) is 0 Å². The third-order valence-corrected chi connectivity index (χ3v) is 2.60. The van der Waals surface area contributed by atoms with Crippen LogP contribution in [-0.2, 0) is 0 Å². The summed E-state index contributed by atoms with van der Waals surface area (Å²) in [4.78, 5) is 9.09. The van der Waals surface area contributed by atoms with Gasteiger partial charge in [0.2, 0.25) is 5.95 Å². The third kappa shape index (κ3) is 0.984. The van der Waals surface area contributed by atoms with Crippen LogP contribution in [-0.4, -0.2) is 9.97 Å². The molecule has 12 heavy (non-hydrogen) atoms. The summed E-state index contributed by atoms with van der Waals surface area (Å²) in [6.45, 7) is 2.00. The van der Waals surface area contributed by atoms with E-state index in [0.717, 1.165) is 15.1 Å². The van der Waals surface area contributed by atoms with Crippen molar-refractivity contribution >= 4 is 33.3 Å². The first-order chi connectivity index (χ1) is 5.66. The Morgan fingerprint density at radius 3 is 2.83 bits per heavy atom. The van der Waals surface area contributed by atoms with Gasteiger partial charge in [-0.05, 0) is 13.0 Å². The molecule has 4 nitrogen and oxygen atoms in total.